The lowest BCUT2D eigenvalue weighted by Crippen LogP contribution is -2.22. The monoisotopic (exact) mass is 263 g/mol. The van der Waals surface area contributed by atoms with E-state index >= 15 is 0 Å². The Morgan fingerprint density at radius 2 is 2.33 bits per heavy atom. The van der Waals surface area contributed by atoms with Crippen LogP contribution in [-0.2, 0) is 4.74 Å². The van der Waals surface area contributed by atoms with Crippen molar-refractivity contribution in [1.82, 2.24) is 5.32 Å². The molecule has 1 N–H and O–H groups in total. The van der Waals surface area contributed by atoms with Gasteiger partial charge in [-0.05, 0) is 42.6 Å². The fourth-order valence-corrected chi connectivity index (χ4v) is 3.34. The Balaban J connectivity index is 1.91. The van der Waals surface area contributed by atoms with E-state index < -0.39 is 0 Å². The highest BCUT2D eigenvalue weighted by atomic mass is 32.1. The summed E-state index contributed by atoms with van der Waals surface area (Å²) in [5.74, 6) is 0.914. The van der Waals surface area contributed by atoms with Gasteiger partial charge in [-0.2, -0.15) is 0 Å². The van der Waals surface area contributed by atoms with Crippen LogP contribution < -0.4 is 10.1 Å². The zero-order chi connectivity index (χ0) is 12.4. The number of nitrogens with one attached hydrogen (secondary N) is 1. The summed E-state index contributed by atoms with van der Waals surface area (Å²) in [7, 11) is 1.70. The maximum atomic E-state index is 5.62. The van der Waals surface area contributed by atoms with Gasteiger partial charge in [0.05, 0.1) is 19.8 Å². The maximum absolute atomic E-state index is 5.62. The van der Waals surface area contributed by atoms with Gasteiger partial charge in [0.2, 0.25) is 0 Å². The molecule has 0 spiro atoms. The zero-order valence-corrected chi connectivity index (χ0v) is 11.3. The van der Waals surface area contributed by atoms with Crippen LogP contribution in [0.15, 0.2) is 24.3 Å². The van der Waals surface area contributed by atoms with E-state index in [9.17, 15) is 0 Å². The van der Waals surface area contributed by atoms with E-state index in [1.54, 1.807) is 7.11 Å². The van der Waals surface area contributed by atoms with E-state index in [0.717, 1.165) is 31.9 Å². The molecule has 3 nitrogen and oxygen atoms in total. The topological polar surface area (TPSA) is 30.5 Å². The van der Waals surface area contributed by atoms with Crippen LogP contribution in [0.5, 0.6) is 5.75 Å². The average Bonchev–Trinajstić information content (AvgIpc) is 2.63. The molecule has 0 saturated carbocycles. The van der Waals surface area contributed by atoms with E-state index in [1.807, 2.05) is 17.4 Å². The van der Waals surface area contributed by atoms with Gasteiger partial charge < -0.3 is 14.8 Å². The molecule has 18 heavy (non-hydrogen) atoms. The number of benzene rings is 1. The van der Waals surface area contributed by atoms with Gasteiger partial charge in [0.25, 0.3) is 0 Å². The predicted molar refractivity (Wildman–Crippen MR) is 74.6 cm³/mol. The van der Waals surface area contributed by atoms with Gasteiger partial charge in [-0.15, -0.1) is 11.3 Å². The minimum absolute atomic E-state index is 0.330. The minimum atomic E-state index is 0.330. The predicted octanol–water partition coefficient (Wildman–Crippen LogP) is 2.96. The molecular formula is C14H17NO2S. The van der Waals surface area contributed by atoms with Crippen molar-refractivity contribution in [3.8, 4) is 5.75 Å². The molecule has 4 heteroatoms. The van der Waals surface area contributed by atoms with Crippen LogP contribution in [0.2, 0.25) is 0 Å². The Bertz CT molecular complexity index is 530. The number of fused-ring (bicyclic) bond motifs is 1. The normalized spacial score (nSPS) is 20.8. The Morgan fingerprint density at radius 3 is 3.22 bits per heavy atom. The molecule has 1 aromatic carbocycles. The summed E-state index contributed by atoms with van der Waals surface area (Å²) >= 11 is 1.83. The van der Waals surface area contributed by atoms with Gasteiger partial charge in [0.15, 0.2) is 0 Å². The van der Waals surface area contributed by atoms with Gasteiger partial charge in [-0.1, -0.05) is 0 Å². The van der Waals surface area contributed by atoms with E-state index in [1.165, 1.54) is 15.0 Å². The van der Waals surface area contributed by atoms with Crippen molar-refractivity contribution in [3.63, 3.8) is 0 Å². The summed E-state index contributed by atoms with van der Waals surface area (Å²) in [6.07, 6.45) is 1.09. The molecule has 96 valence electrons. The largest absolute Gasteiger partial charge is 0.497 e. The van der Waals surface area contributed by atoms with Gasteiger partial charge in [0, 0.05) is 16.2 Å². The summed E-state index contributed by atoms with van der Waals surface area (Å²) in [4.78, 5) is 1.35. The fourth-order valence-electron chi connectivity index (χ4n) is 2.23. The molecule has 0 aliphatic carbocycles. The third-order valence-electron chi connectivity index (χ3n) is 3.23. The number of thiophene rings is 1. The first-order valence-corrected chi connectivity index (χ1v) is 7.07. The lowest BCUT2D eigenvalue weighted by atomic mass is 10.2. The molecule has 0 bridgehead atoms. The Morgan fingerprint density at radius 1 is 1.39 bits per heavy atom. The number of rotatable bonds is 2. The molecule has 1 atom stereocenters. The van der Waals surface area contributed by atoms with E-state index in [4.69, 9.17) is 9.47 Å². The molecule has 3 rings (SSSR count). The van der Waals surface area contributed by atoms with Crippen LogP contribution in [0.4, 0.5) is 0 Å². The van der Waals surface area contributed by atoms with Crippen LogP contribution in [0.1, 0.15) is 17.3 Å². The number of hydrogen-bond donors (Lipinski definition) is 1. The van der Waals surface area contributed by atoms with Crippen LogP contribution >= 0.6 is 11.3 Å². The van der Waals surface area contributed by atoms with Crippen LogP contribution in [0.3, 0.4) is 0 Å². The lowest BCUT2D eigenvalue weighted by molar-refractivity contribution is 0.132. The molecule has 0 amide bonds. The quantitative estimate of drug-likeness (QED) is 0.903. The second-order valence-corrected chi connectivity index (χ2v) is 5.60. The van der Waals surface area contributed by atoms with Crippen molar-refractivity contribution >= 4 is 21.4 Å². The third kappa shape index (κ3) is 2.36. The first-order valence-electron chi connectivity index (χ1n) is 6.25. The minimum Gasteiger partial charge on any atom is -0.497 e. The summed E-state index contributed by atoms with van der Waals surface area (Å²) in [5, 5.41) is 4.79. The highest BCUT2D eigenvalue weighted by Gasteiger charge is 2.16. The molecule has 1 unspecified atom stereocenters. The highest BCUT2D eigenvalue weighted by molar-refractivity contribution is 7.19. The molecular weight excluding hydrogens is 246 g/mol. The van der Waals surface area contributed by atoms with Crippen molar-refractivity contribution in [3.05, 3.63) is 29.1 Å². The molecule has 1 aromatic heterocycles. The molecule has 2 heterocycles. The second-order valence-electron chi connectivity index (χ2n) is 4.49. The Kier molecular flexibility index (Phi) is 3.50. The van der Waals surface area contributed by atoms with Crippen molar-refractivity contribution in [2.75, 3.05) is 26.9 Å². The third-order valence-corrected chi connectivity index (χ3v) is 4.46. The summed E-state index contributed by atoms with van der Waals surface area (Å²) < 4.78 is 12.2. The van der Waals surface area contributed by atoms with Gasteiger partial charge >= 0.3 is 0 Å². The zero-order valence-electron chi connectivity index (χ0n) is 10.4. The molecule has 0 radical (unpaired) electrons. The average molecular weight is 263 g/mol. The van der Waals surface area contributed by atoms with Gasteiger partial charge in [0.1, 0.15) is 5.75 Å². The first kappa shape index (κ1) is 12.0. The van der Waals surface area contributed by atoms with Crippen LogP contribution in [0.25, 0.3) is 10.1 Å². The van der Waals surface area contributed by atoms with Crippen molar-refractivity contribution in [1.29, 1.82) is 0 Å². The van der Waals surface area contributed by atoms with E-state index in [0.29, 0.717) is 6.04 Å². The number of methoxy groups -OCH3 is 1. The first-order chi connectivity index (χ1) is 8.86. The summed E-state index contributed by atoms with van der Waals surface area (Å²) in [6.45, 7) is 2.66. The van der Waals surface area contributed by atoms with Gasteiger partial charge in [-0.3, -0.25) is 0 Å². The molecule has 2 aromatic rings. The number of ether oxygens (including phenoxy) is 2. The van der Waals surface area contributed by atoms with Crippen molar-refractivity contribution in [2.24, 2.45) is 0 Å². The molecule has 1 aliphatic rings. The Labute approximate surface area is 111 Å². The highest BCUT2D eigenvalue weighted by Crippen LogP contribution is 2.32. The summed E-state index contributed by atoms with van der Waals surface area (Å²) in [5.41, 5.74) is 0. The number of hydrogen-bond acceptors (Lipinski definition) is 4. The smallest absolute Gasteiger partial charge is 0.119 e. The fraction of sp³-hybridized carbons (Fsp3) is 0.429. The van der Waals surface area contributed by atoms with E-state index in [2.05, 4.69) is 23.5 Å². The van der Waals surface area contributed by atoms with Crippen molar-refractivity contribution in [2.45, 2.75) is 12.5 Å². The molecule has 1 aliphatic heterocycles. The summed E-state index contributed by atoms with van der Waals surface area (Å²) in [6, 6.07) is 8.80. The van der Waals surface area contributed by atoms with E-state index in [-0.39, 0.29) is 0 Å². The SMILES string of the molecule is COc1ccc2sc(C3COCCCN3)cc2c1. The van der Waals surface area contributed by atoms with Gasteiger partial charge in [-0.25, -0.2) is 0 Å². The second kappa shape index (κ2) is 5.26. The van der Waals surface area contributed by atoms with Crippen molar-refractivity contribution < 1.29 is 9.47 Å². The van der Waals surface area contributed by atoms with Crippen LogP contribution in [0, 0.1) is 0 Å². The Hall–Kier alpha value is -1.10. The maximum Gasteiger partial charge on any atom is 0.119 e. The standard InChI is InChI=1S/C14H17NO2S/c1-16-11-3-4-13-10(7-11)8-14(18-13)12-9-17-6-2-5-15-12/h3-4,7-8,12,15H,2,5-6,9H2,1H3. The van der Waals surface area contributed by atoms with Crippen LogP contribution in [-0.4, -0.2) is 26.9 Å². The molecule has 1 fully saturated rings. The molecule has 1 saturated heterocycles. The lowest BCUT2D eigenvalue weighted by Gasteiger charge is -2.12.